The summed E-state index contributed by atoms with van der Waals surface area (Å²) >= 11 is 1.42. The van der Waals surface area contributed by atoms with Crippen LogP contribution >= 0.6 is 11.3 Å². The van der Waals surface area contributed by atoms with Gasteiger partial charge in [0.25, 0.3) is 0 Å². The van der Waals surface area contributed by atoms with Crippen molar-refractivity contribution in [1.82, 2.24) is 0 Å². The maximum atomic E-state index is 13.5. The molecule has 0 fully saturated rings. The van der Waals surface area contributed by atoms with Crippen molar-refractivity contribution >= 4 is 27.5 Å². The van der Waals surface area contributed by atoms with E-state index in [1.807, 2.05) is 0 Å². The number of fused-ring (bicyclic) bond motifs is 1. The Hall–Kier alpha value is -2.17. The maximum absolute atomic E-state index is 13.5. The van der Waals surface area contributed by atoms with Crippen LogP contribution in [-0.2, 0) is 0 Å². The van der Waals surface area contributed by atoms with Crippen LogP contribution < -0.4 is 0 Å². The van der Waals surface area contributed by atoms with Gasteiger partial charge in [0.1, 0.15) is 23.5 Å². The first-order chi connectivity index (χ1) is 7.74. The number of halogens is 1. The maximum Gasteiger partial charge on any atom is 0.132 e. The lowest BCUT2D eigenvalue weighted by atomic mass is 10.1. The Labute approximate surface area is 95.5 Å². The largest absolute Gasteiger partial charge is 0.206 e. The normalized spacial score (nSPS) is 9.44. The first-order valence-electron chi connectivity index (χ1n) is 4.43. The Morgan fingerprint density at radius 2 is 2.06 bits per heavy atom. The molecule has 1 aromatic carbocycles. The molecule has 2 nitrogen and oxygen atoms in total. The van der Waals surface area contributed by atoms with Gasteiger partial charge >= 0.3 is 0 Å². The van der Waals surface area contributed by atoms with E-state index in [1.54, 1.807) is 29.7 Å². The summed E-state index contributed by atoms with van der Waals surface area (Å²) in [6.45, 7) is 0. The van der Waals surface area contributed by atoms with Crippen LogP contribution in [0, 0.1) is 28.5 Å². The average Bonchev–Trinajstić information content (AvgIpc) is 2.74. The summed E-state index contributed by atoms with van der Waals surface area (Å²) in [4.78, 5) is 0. The molecular formula is C12H5FN2S. The summed E-state index contributed by atoms with van der Waals surface area (Å²) in [6.07, 6.45) is 1.38. The van der Waals surface area contributed by atoms with Gasteiger partial charge in [-0.05, 0) is 35.2 Å². The van der Waals surface area contributed by atoms with Crippen LogP contribution in [0.4, 0.5) is 4.39 Å². The highest BCUT2D eigenvalue weighted by molar-refractivity contribution is 7.17. The second-order valence-electron chi connectivity index (χ2n) is 3.12. The van der Waals surface area contributed by atoms with Gasteiger partial charge in [0, 0.05) is 10.1 Å². The number of benzene rings is 1. The van der Waals surface area contributed by atoms with E-state index in [0.717, 1.165) is 4.70 Å². The summed E-state index contributed by atoms with van der Waals surface area (Å²) < 4.78 is 14.4. The Bertz CT molecular complexity index is 640. The predicted molar refractivity (Wildman–Crippen MR) is 61.0 cm³/mol. The quantitative estimate of drug-likeness (QED) is 0.701. The van der Waals surface area contributed by atoms with Gasteiger partial charge in [-0.2, -0.15) is 10.5 Å². The molecule has 16 heavy (non-hydrogen) atoms. The van der Waals surface area contributed by atoms with E-state index >= 15 is 0 Å². The molecule has 1 aromatic heterocycles. The van der Waals surface area contributed by atoms with Crippen molar-refractivity contribution in [3.05, 3.63) is 40.5 Å². The number of thiophene rings is 1. The van der Waals surface area contributed by atoms with Crippen molar-refractivity contribution in [2.24, 2.45) is 0 Å². The third kappa shape index (κ3) is 1.79. The van der Waals surface area contributed by atoms with E-state index in [1.165, 1.54) is 23.5 Å². The van der Waals surface area contributed by atoms with E-state index in [4.69, 9.17) is 10.5 Å². The van der Waals surface area contributed by atoms with E-state index < -0.39 is 0 Å². The van der Waals surface area contributed by atoms with Gasteiger partial charge in [0.05, 0.1) is 0 Å². The Balaban J connectivity index is 2.60. The molecule has 0 bridgehead atoms. The van der Waals surface area contributed by atoms with E-state index in [2.05, 4.69) is 0 Å². The van der Waals surface area contributed by atoms with Crippen LogP contribution in [0.15, 0.2) is 29.2 Å². The fourth-order valence-electron chi connectivity index (χ4n) is 1.39. The smallest absolute Gasteiger partial charge is 0.132 e. The molecule has 0 unspecified atom stereocenters. The molecule has 1 heterocycles. The zero-order valence-corrected chi connectivity index (χ0v) is 8.88. The van der Waals surface area contributed by atoms with Crippen molar-refractivity contribution in [2.75, 3.05) is 0 Å². The summed E-state index contributed by atoms with van der Waals surface area (Å²) in [6, 6.07) is 8.28. The molecule has 0 aliphatic carbocycles. The summed E-state index contributed by atoms with van der Waals surface area (Å²) in [7, 11) is 0. The topological polar surface area (TPSA) is 47.6 Å². The lowest BCUT2D eigenvalue weighted by Crippen LogP contribution is -1.80. The van der Waals surface area contributed by atoms with E-state index in [9.17, 15) is 4.39 Å². The lowest BCUT2D eigenvalue weighted by molar-refractivity contribution is 0.640. The minimum absolute atomic E-state index is 0.0321. The zero-order chi connectivity index (χ0) is 11.5. The molecule has 2 rings (SSSR count). The minimum Gasteiger partial charge on any atom is -0.206 e. The zero-order valence-electron chi connectivity index (χ0n) is 8.07. The predicted octanol–water partition coefficient (Wildman–Crippen LogP) is 3.47. The van der Waals surface area contributed by atoms with Crippen LogP contribution in [0.3, 0.4) is 0 Å². The number of nitriles is 2. The molecule has 0 saturated carbocycles. The molecule has 0 atom stereocenters. The molecule has 0 aliphatic rings. The van der Waals surface area contributed by atoms with E-state index in [0.29, 0.717) is 10.9 Å². The van der Waals surface area contributed by atoms with Gasteiger partial charge in [0.2, 0.25) is 0 Å². The average molecular weight is 228 g/mol. The Morgan fingerprint density at radius 3 is 2.75 bits per heavy atom. The minimum atomic E-state index is -0.333. The van der Waals surface area contributed by atoms with Gasteiger partial charge in [-0.3, -0.25) is 0 Å². The number of hydrogen-bond acceptors (Lipinski definition) is 3. The molecule has 76 valence electrons. The standard InChI is InChI=1S/C12H5FN2S/c13-11-4-8(3-9(6-14)7-15)5-12-10(11)1-2-16-12/h1-5H. The van der Waals surface area contributed by atoms with Gasteiger partial charge in [0.15, 0.2) is 0 Å². The van der Waals surface area contributed by atoms with Crippen LogP contribution in [0.5, 0.6) is 0 Å². The van der Waals surface area contributed by atoms with Crippen molar-refractivity contribution in [2.45, 2.75) is 0 Å². The number of rotatable bonds is 1. The van der Waals surface area contributed by atoms with Gasteiger partial charge in [-0.15, -0.1) is 11.3 Å². The third-order valence-electron chi connectivity index (χ3n) is 2.10. The monoisotopic (exact) mass is 228 g/mol. The first-order valence-corrected chi connectivity index (χ1v) is 5.31. The van der Waals surface area contributed by atoms with Gasteiger partial charge in [-0.25, -0.2) is 4.39 Å². The Morgan fingerprint density at radius 1 is 1.31 bits per heavy atom. The van der Waals surface area contributed by atoms with Crippen LogP contribution in [0.2, 0.25) is 0 Å². The summed E-state index contributed by atoms with van der Waals surface area (Å²) in [5.41, 5.74) is 0.501. The molecule has 0 aliphatic heterocycles. The van der Waals surface area contributed by atoms with Crippen molar-refractivity contribution in [3.63, 3.8) is 0 Å². The highest BCUT2D eigenvalue weighted by Gasteiger charge is 2.04. The fraction of sp³-hybridized carbons (Fsp3) is 0. The number of allylic oxidation sites excluding steroid dienone is 1. The number of hydrogen-bond donors (Lipinski definition) is 0. The molecule has 0 radical (unpaired) electrons. The van der Waals surface area contributed by atoms with E-state index in [-0.39, 0.29) is 11.4 Å². The molecule has 0 spiro atoms. The van der Waals surface area contributed by atoms with Gasteiger partial charge in [-0.1, -0.05) is 0 Å². The van der Waals surface area contributed by atoms with Crippen molar-refractivity contribution in [1.29, 1.82) is 10.5 Å². The molecular weight excluding hydrogens is 223 g/mol. The molecule has 0 amide bonds. The number of nitrogens with zero attached hydrogens (tertiary/aromatic N) is 2. The molecule has 0 N–H and O–H groups in total. The first kappa shape index (κ1) is 10.4. The summed E-state index contributed by atoms with van der Waals surface area (Å²) in [5, 5.41) is 19.6. The van der Waals surface area contributed by atoms with Crippen LogP contribution in [-0.4, -0.2) is 0 Å². The lowest BCUT2D eigenvalue weighted by Gasteiger charge is -1.96. The highest BCUT2D eigenvalue weighted by atomic mass is 32.1. The highest BCUT2D eigenvalue weighted by Crippen LogP contribution is 2.26. The third-order valence-corrected chi connectivity index (χ3v) is 2.96. The second-order valence-corrected chi connectivity index (χ2v) is 4.06. The molecule has 4 heteroatoms. The summed E-state index contributed by atoms with van der Waals surface area (Å²) in [5.74, 6) is -0.333. The molecule has 0 saturated heterocycles. The van der Waals surface area contributed by atoms with Crippen molar-refractivity contribution < 1.29 is 4.39 Å². The van der Waals surface area contributed by atoms with Gasteiger partial charge < -0.3 is 0 Å². The van der Waals surface area contributed by atoms with Crippen LogP contribution in [0.25, 0.3) is 16.2 Å². The SMILES string of the molecule is N#CC(C#N)=Cc1cc(F)c2ccsc2c1. The van der Waals surface area contributed by atoms with Crippen LogP contribution in [0.1, 0.15) is 5.56 Å². The van der Waals surface area contributed by atoms with Crippen molar-refractivity contribution in [3.8, 4) is 12.1 Å². The Kier molecular flexibility index (Phi) is 2.68. The fourth-order valence-corrected chi connectivity index (χ4v) is 2.23. The second kappa shape index (κ2) is 4.14. The molecule has 2 aromatic rings.